The number of aromatic nitrogens is 2. The number of H-pyrrole nitrogens is 1. The van der Waals surface area contributed by atoms with E-state index in [-0.39, 0.29) is 5.56 Å². The molecule has 1 aromatic rings. The molecule has 0 aromatic carbocycles. The summed E-state index contributed by atoms with van der Waals surface area (Å²) in [7, 11) is 1.25. The van der Waals surface area contributed by atoms with E-state index < -0.39 is 11.2 Å². The van der Waals surface area contributed by atoms with E-state index in [0.29, 0.717) is 0 Å². The van der Waals surface area contributed by atoms with Crippen LogP contribution in [0.2, 0.25) is 0 Å². The normalized spacial score (nSPS) is 9.00. The van der Waals surface area contributed by atoms with E-state index >= 15 is 0 Å². The summed E-state index contributed by atoms with van der Waals surface area (Å²) in [6.07, 6.45) is 1.03. The van der Waals surface area contributed by atoms with Crippen molar-refractivity contribution >= 4 is 0 Å². The highest BCUT2D eigenvalue weighted by molar-refractivity contribution is 5.21. The van der Waals surface area contributed by atoms with Crippen molar-refractivity contribution in [2.75, 3.05) is 7.11 Å². The molecule has 1 N–H and O–H groups in total. The molecule has 6 nitrogen and oxygen atoms in total. The Morgan fingerprint density at radius 2 is 2.33 bits per heavy atom. The fourth-order valence-electron chi connectivity index (χ4n) is 0.669. The molecule has 0 saturated carbocycles. The maximum Gasteiger partial charge on any atom is 0.361 e. The van der Waals surface area contributed by atoms with Gasteiger partial charge in [0.25, 0.3) is 5.56 Å². The van der Waals surface area contributed by atoms with Crippen LogP contribution in [0, 0.1) is 11.3 Å². The highest BCUT2D eigenvalue weighted by Crippen LogP contribution is 1.80. The average molecular weight is 167 g/mol. The van der Waals surface area contributed by atoms with Gasteiger partial charge in [0.2, 0.25) is 0 Å². The summed E-state index contributed by atoms with van der Waals surface area (Å²) in [6.45, 7) is 0. The van der Waals surface area contributed by atoms with Gasteiger partial charge in [0, 0.05) is 0 Å². The molecule has 0 aliphatic rings. The van der Waals surface area contributed by atoms with Crippen molar-refractivity contribution < 1.29 is 4.84 Å². The maximum atomic E-state index is 10.8. The molecule has 1 aromatic heterocycles. The molecule has 0 aliphatic heterocycles. The van der Waals surface area contributed by atoms with E-state index in [1.807, 2.05) is 4.98 Å². The van der Waals surface area contributed by atoms with Gasteiger partial charge in [-0.3, -0.25) is 9.78 Å². The molecule has 12 heavy (non-hydrogen) atoms. The second kappa shape index (κ2) is 2.92. The van der Waals surface area contributed by atoms with Gasteiger partial charge < -0.3 is 4.84 Å². The van der Waals surface area contributed by atoms with Gasteiger partial charge in [-0.05, 0) is 0 Å². The molecule has 0 fully saturated rings. The Balaban J connectivity index is 3.51. The van der Waals surface area contributed by atoms with Crippen LogP contribution in [-0.4, -0.2) is 16.8 Å². The largest absolute Gasteiger partial charge is 0.413 e. The highest BCUT2D eigenvalue weighted by atomic mass is 16.6. The van der Waals surface area contributed by atoms with E-state index in [1.54, 1.807) is 6.07 Å². The van der Waals surface area contributed by atoms with Gasteiger partial charge >= 0.3 is 5.69 Å². The molecule has 0 atom stereocenters. The minimum absolute atomic E-state index is 0.170. The van der Waals surface area contributed by atoms with Crippen LogP contribution in [0.25, 0.3) is 0 Å². The summed E-state index contributed by atoms with van der Waals surface area (Å²) in [5, 5.41) is 8.39. The lowest BCUT2D eigenvalue weighted by atomic mass is 10.4. The molecule has 0 saturated heterocycles. The van der Waals surface area contributed by atoms with E-state index in [1.165, 1.54) is 7.11 Å². The van der Waals surface area contributed by atoms with Gasteiger partial charge in [0.15, 0.2) is 0 Å². The second-order valence-electron chi connectivity index (χ2n) is 1.92. The molecule has 1 heterocycles. The van der Waals surface area contributed by atoms with Crippen molar-refractivity contribution in [1.29, 1.82) is 5.26 Å². The van der Waals surface area contributed by atoms with Crippen LogP contribution < -0.4 is 16.1 Å². The van der Waals surface area contributed by atoms with Crippen LogP contribution in [-0.2, 0) is 0 Å². The zero-order valence-electron chi connectivity index (χ0n) is 6.20. The van der Waals surface area contributed by atoms with E-state index in [0.717, 1.165) is 10.9 Å². The third kappa shape index (κ3) is 1.20. The molecular formula is C6H5N3O3. The molecule has 0 radical (unpaired) electrons. The molecule has 6 heteroatoms. The lowest BCUT2D eigenvalue weighted by molar-refractivity contribution is 0.152. The Kier molecular flexibility index (Phi) is 1.96. The first-order valence-electron chi connectivity index (χ1n) is 2.99. The molecule has 0 unspecified atom stereocenters. The van der Waals surface area contributed by atoms with E-state index in [9.17, 15) is 9.59 Å². The van der Waals surface area contributed by atoms with E-state index in [2.05, 4.69) is 4.84 Å². The quantitative estimate of drug-likeness (QED) is 0.549. The first-order valence-corrected chi connectivity index (χ1v) is 2.99. The van der Waals surface area contributed by atoms with Crippen molar-refractivity contribution in [2.24, 2.45) is 0 Å². The summed E-state index contributed by atoms with van der Waals surface area (Å²) >= 11 is 0. The third-order valence-electron chi connectivity index (χ3n) is 1.23. The Labute approximate surface area is 66.6 Å². The van der Waals surface area contributed by atoms with Gasteiger partial charge in [-0.1, -0.05) is 0 Å². The molecule has 0 spiro atoms. The monoisotopic (exact) mass is 167 g/mol. The Bertz CT molecular complexity index is 437. The first-order chi connectivity index (χ1) is 5.69. The van der Waals surface area contributed by atoms with Gasteiger partial charge in [-0.2, -0.15) is 5.26 Å². The van der Waals surface area contributed by atoms with Gasteiger partial charge in [-0.25, -0.2) is 4.79 Å². The minimum atomic E-state index is -0.712. The number of nitrogens with zero attached hydrogens (tertiary/aromatic N) is 2. The lowest BCUT2D eigenvalue weighted by Crippen LogP contribution is -2.33. The summed E-state index contributed by atoms with van der Waals surface area (Å²) in [6, 6.07) is 1.61. The summed E-state index contributed by atoms with van der Waals surface area (Å²) in [5.41, 5.74) is -1.59. The first kappa shape index (κ1) is 8.07. The molecule has 0 bridgehead atoms. The zero-order valence-corrected chi connectivity index (χ0v) is 6.20. The van der Waals surface area contributed by atoms with Crippen LogP contribution in [0.1, 0.15) is 5.56 Å². The Morgan fingerprint density at radius 1 is 1.67 bits per heavy atom. The van der Waals surface area contributed by atoms with Crippen molar-refractivity contribution in [3.05, 3.63) is 32.6 Å². The average Bonchev–Trinajstić information content (AvgIpc) is 2.05. The Morgan fingerprint density at radius 3 is 2.83 bits per heavy atom. The standard InChI is InChI=1S/C6H5N3O3/c1-12-9-3-4(2-7)5(10)8-6(9)11/h3H,1H3,(H,8,10,11). The molecule has 0 aliphatic carbocycles. The fraction of sp³-hybridized carbons (Fsp3) is 0.167. The molecule has 62 valence electrons. The zero-order chi connectivity index (χ0) is 9.14. The summed E-state index contributed by atoms with van der Waals surface area (Å²) in [5.74, 6) is 0. The predicted molar refractivity (Wildman–Crippen MR) is 38.5 cm³/mol. The smallest absolute Gasteiger partial charge is 0.361 e. The topological polar surface area (TPSA) is 87.9 Å². The third-order valence-corrected chi connectivity index (χ3v) is 1.23. The van der Waals surface area contributed by atoms with Crippen molar-refractivity contribution in [3.63, 3.8) is 0 Å². The second-order valence-corrected chi connectivity index (χ2v) is 1.92. The fourth-order valence-corrected chi connectivity index (χ4v) is 0.669. The number of hydrogen-bond donors (Lipinski definition) is 1. The van der Waals surface area contributed by atoms with Crippen molar-refractivity contribution in [1.82, 2.24) is 9.71 Å². The summed E-state index contributed by atoms with van der Waals surface area (Å²) in [4.78, 5) is 28.0. The van der Waals surface area contributed by atoms with Gasteiger partial charge in [0.1, 0.15) is 18.7 Å². The number of aromatic amines is 1. The molecular weight excluding hydrogens is 162 g/mol. The number of rotatable bonds is 1. The van der Waals surface area contributed by atoms with Crippen LogP contribution >= 0.6 is 0 Å². The predicted octanol–water partition coefficient (Wildman–Crippen LogP) is -1.53. The van der Waals surface area contributed by atoms with Crippen LogP contribution in [0.15, 0.2) is 15.8 Å². The van der Waals surface area contributed by atoms with Crippen LogP contribution in [0.3, 0.4) is 0 Å². The minimum Gasteiger partial charge on any atom is -0.413 e. The Hall–Kier alpha value is -2.03. The lowest BCUT2D eigenvalue weighted by Gasteiger charge is -1.99. The highest BCUT2D eigenvalue weighted by Gasteiger charge is 2.02. The maximum absolute atomic E-state index is 10.8. The number of hydrogen-bond acceptors (Lipinski definition) is 4. The number of nitrogens with one attached hydrogen (secondary N) is 1. The van der Waals surface area contributed by atoms with Crippen LogP contribution in [0.4, 0.5) is 0 Å². The number of nitriles is 1. The molecule has 0 amide bonds. The summed E-state index contributed by atoms with van der Waals surface area (Å²) < 4.78 is 0.764. The molecule has 1 rings (SSSR count). The van der Waals surface area contributed by atoms with Gasteiger partial charge in [-0.15, -0.1) is 4.73 Å². The van der Waals surface area contributed by atoms with Crippen molar-refractivity contribution in [2.45, 2.75) is 0 Å². The van der Waals surface area contributed by atoms with E-state index in [4.69, 9.17) is 5.26 Å². The van der Waals surface area contributed by atoms with Crippen LogP contribution in [0.5, 0.6) is 0 Å². The van der Waals surface area contributed by atoms with Crippen molar-refractivity contribution in [3.8, 4) is 6.07 Å². The SMILES string of the molecule is COn1cc(C#N)c(=O)[nH]c1=O. The van der Waals surface area contributed by atoms with Gasteiger partial charge in [0.05, 0.1) is 6.20 Å².